The summed E-state index contributed by atoms with van der Waals surface area (Å²) >= 11 is 0. The number of rotatable bonds is 4. The van der Waals surface area contributed by atoms with Crippen LogP contribution in [0.3, 0.4) is 0 Å². The second-order valence-corrected chi connectivity index (χ2v) is 5.35. The molecule has 3 heterocycles. The molecule has 108 valence electrons. The number of piperidine rings is 1. The zero-order valence-electron chi connectivity index (χ0n) is 11.7. The average molecular weight is 275 g/mol. The lowest BCUT2D eigenvalue weighted by molar-refractivity contribution is 0.411. The summed E-state index contributed by atoms with van der Waals surface area (Å²) in [5, 5.41) is 11.6. The summed E-state index contributed by atoms with van der Waals surface area (Å²) in [6.07, 6.45) is 5.94. The molecule has 7 heteroatoms. The van der Waals surface area contributed by atoms with Gasteiger partial charge in [0.05, 0.1) is 0 Å². The number of anilines is 1. The van der Waals surface area contributed by atoms with Gasteiger partial charge in [-0.15, -0.1) is 5.10 Å². The van der Waals surface area contributed by atoms with Crippen molar-refractivity contribution in [2.75, 3.05) is 24.5 Å². The molecule has 1 fully saturated rings. The summed E-state index contributed by atoms with van der Waals surface area (Å²) in [4.78, 5) is 6.83. The predicted molar refractivity (Wildman–Crippen MR) is 76.4 cm³/mol. The Kier molecular flexibility index (Phi) is 3.68. The van der Waals surface area contributed by atoms with Gasteiger partial charge in [0.2, 0.25) is 5.95 Å². The molecule has 1 saturated heterocycles. The van der Waals surface area contributed by atoms with Gasteiger partial charge >= 0.3 is 0 Å². The first-order valence-corrected chi connectivity index (χ1v) is 7.14. The van der Waals surface area contributed by atoms with Crippen LogP contribution in [-0.4, -0.2) is 44.6 Å². The normalized spacial score (nSPS) is 18.4. The number of hydrogen-bond donors (Lipinski definition) is 2. The summed E-state index contributed by atoms with van der Waals surface area (Å²) in [6, 6.07) is 1.97. The SMILES string of the molecule is CC(c1nc(N2CCC(CN)CC2)n[nH]1)n1cccn1. The van der Waals surface area contributed by atoms with E-state index in [0.717, 1.165) is 44.2 Å². The van der Waals surface area contributed by atoms with Gasteiger partial charge in [0.1, 0.15) is 6.04 Å². The molecule has 1 atom stereocenters. The highest BCUT2D eigenvalue weighted by Crippen LogP contribution is 2.21. The topological polar surface area (TPSA) is 88.7 Å². The first kappa shape index (κ1) is 13.1. The van der Waals surface area contributed by atoms with Crippen LogP contribution in [0.2, 0.25) is 0 Å². The van der Waals surface area contributed by atoms with Crippen molar-refractivity contribution in [1.29, 1.82) is 0 Å². The summed E-state index contributed by atoms with van der Waals surface area (Å²) in [7, 11) is 0. The van der Waals surface area contributed by atoms with E-state index in [2.05, 4.69) is 32.1 Å². The van der Waals surface area contributed by atoms with Crippen molar-refractivity contribution in [3.63, 3.8) is 0 Å². The minimum absolute atomic E-state index is 0.0628. The van der Waals surface area contributed by atoms with Crippen LogP contribution in [-0.2, 0) is 0 Å². The third-order valence-electron chi connectivity index (χ3n) is 4.04. The summed E-state index contributed by atoms with van der Waals surface area (Å²) < 4.78 is 1.87. The van der Waals surface area contributed by atoms with Crippen LogP contribution in [0.1, 0.15) is 31.6 Å². The molecular weight excluding hydrogens is 254 g/mol. The van der Waals surface area contributed by atoms with Crippen LogP contribution in [0.4, 0.5) is 5.95 Å². The average Bonchev–Trinajstić information content (AvgIpc) is 3.18. The zero-order valence-corrected chi connectivity index (χ0v) is 11.7. The molecule has 1 unspecified atom stereocenters. The van der Waals surface area contributed by atoms with Crippen molar-refractivity contribution in [2.45, 2.75) is 25.8 Å². The molecule has 0 aromatic carbocycles. The molecule has 1 aliphatic heterocycles. The largest absolute Gasteiger partial charge is 0.340 e. The number of nitrogens with two attached hydrogens (primary N) is 1. The first-order chi connectivity index (χ1) is 9.78. The molecule has 2 aromatic heterocycles. The maximum Gasteiger partial charge on any atom is 0.244 e. The van der Waals surface area contributed by atoms with Crippen LogP contribution >= 0.6 is 0 Å². The Morgan fingerprint density at radius 1 is 1.45 bits per heavy atom. The highest BCUT2D eigenvalue weighted by atomic mass is 15.4. The monoisotopic (exact) mass is 275 g/mol. The second-order valence-electron chi connectivity index (χ2n) is 5.35. The molecule has 2 aromatic rings. The van der Waals surface area contributed by atoms with Gasteiger partial charge in [-0.05, 0) is 38.3 Å². The summed E-state index contributed by atoms with van der Waals surface area (Å²) in [5.74, 6) is 2.27. The number of H-pyrrole nitrogens is 1. The van der Waals surface area contributed by atoms with E-state index < -0.39 is 0 Å². The Morgan fingerprint density at radius 2 is 2.25 bits per heavy atom. The molecule has 0 aliphatic carbocycles. The number of nitrogens with one attached hydrogen (secondary N) is 1. The van der Waals surface area contributed by atoms with Crippen molar-refractivity contribution >= 4 is 5.95 Å². The standard InChI is InChI=1S/C13H21N7/c1-10(20-6-2-5-15-20)12-16-13(18-17-12)19-7-3-11(9-14)4-8-19/h2,5-6,10-11H,3-4,7-9,14H2,1H3,(H,16,17,18). The second kappa shape index (κ2) is 5.62. The van der Waals surface area contributed by atoms with Gasteiger partial charge in [0.15, 0.2) is 5.82 Å². The minimum Gasteiger partial charge on any atom is -0.340 e. The van der Waals surface area contributed by atoms with Crippen LogP contribution in [0.15, 0.2) is 18.5 Å². The molecule has 1 aliphatic rings. The summed E-state index contributed by atoms with van der Waals surface area (Å²) in [6.45, 7) is 4.80. The van der Waals surface area contributed by atoms with Gasteiger partial charge in [-0.25, -0.2) is 0 Å². The minimum atomic E-state index is 0.0628. The maximum atomic E-state index is 5.72. The molecule has 0 radical (unpaired) electrons. The fourth-order valence-corrected chi connectivity index (χ4v) is 2.60. The molecule has 20 heavy (non-hydrogen) atoms. The van der Waals surface area contributed by atoms with E-state index in [9.17, 15) is 0 Å². The number of aromatic nitrogens is 5. The van der Waals surface area contributed by atoms with Crippen molar-refractivity contribution in [3.8, 4) is 0 Å². The molecule has 3 rings (SSSR count). The third kappa shape index (κ3) is 2.53. The lowest BCUT2D eigenvalue weighted by Gasteiger charge is -2.30. The van der Waals surface area contributed by atoms with E-state index in [1.54, 1.807) is 6.20 Å². The van der Waals surface area contributed by atoms with Gasteiger partial charge in [-0.2, -0.15) is 10.1 Å². The highest BCUT2D eigenvalue weighted by molar-refractivity contribution is 5.29. The van der Waals surface area contributed by atoms with Gasteiger partial charge in [-0.1, -0.05) is 0 Å². The Labute approximate surface area is 118 Å². The predicted octanol–water partition coefficient (Wildman–Crippen LogP) is 0.786. The molecule has 0 amide bonds. The van der Waals surface area contributed by atoms with Gasteiger partial charge in [-0.3, -0.25) is 9.78 Å². The third-order valence-corrected chi connectivity index (χ3v) is 4.04. The maximum absolute atomic E-state index is 5.72. The van der Waals surface area contributed by atoms with Crippen LogP contribution in [0.5, 0.6) is 0 Å². The number of aromatic amines is 1. The zero-order chi connectivity index (χ0) is 13.9. The number of nitrogens with zero attached hydrogens (tertiary/aromatic N) is 5. The lowest BCUT2D eigenvalue weighted by Crippen LogP contribution is -2.36. The van der Waals surface area contributed by atoms with Gasteiger partial charge in [0, 0.05) is 25.5 Å². The molecule has 7 nitrogen and oxygen atoms in total. The molecular formula is C13H21N7. The Morgan fingerprint density at radius 3 is 2.90 bits per heavy atom. The first-order valence-electron chi connectivity index (χ1n) is 7.14. The Balaban J connectivity index is 1.68. The van der Waals surface area contributed by atoms with Crippen LogP contribution in [0, 0.1) is 5.92 Å². The van der Waals surface area contributed by atoms with Crippen molar-refractivity contribution < 1.29 is 0 Å². The lowest BCUT2D eigenvalue weighted by atomic mass is 9.97. The smallest absolute Gasteiger partial charge is 0.244 e. The van der Waals surface area contributed by atoms with E-state index in [0.29, 0.717) is 5.92 Å². The van der Waals surface area contributed by atoms with Crippen molar-refractivity contribution in [1.82, 2.24) is 25.0 Å². The Bertz CT molecular complexity index is 525. The molecule has 0 spiro atoms. The summed E-state index contributed by atoms with van der Waals surface area (Å²) in [5.41, 5.74) is 5.72. The fraction of sp³-hybridized carbons (Fsp3) is 0.615. The van der Waals surface area contributed by atoms with Crippen LogP contribution in [0.25, 0.3) is 0 Å². The Hall–Kier alpha value is -1.89. The van der Waals surface area contributed by atoms with Crippen molar-refractivity contribution in [2.24, 2.45) is 11.7 Å². The van der Waals surface area contributed by atoms with E-state index in [1.165, 1.54) is 0 Å². The van der Waals surface area contributed by atoms with E-state index >= 15 is 0 Å². The quantitative estimate of drug-likeness (QED) is 0.861. The van der Waals surface area contributed by atoms with E-state index in [-0.39, 0.29) is 6.04 Å². The molecule has 3 N–H and O–H groups in total. The molecule has 0 saturated carbocycles. The van der Waals surface area contributed by atoms with E-state index in [4.69, 9.17) is 5.73 Å². The highest BCUT2D eigenvalue weighted by Gasteiger charge is 2.22. The fourth-order valence-electron chi connectivity index (χ4n) is 2.60. The number of hydrogen-bond acceptors (Lipinski definition) is 5. The van der Waals surface area contributed by atoms with Crippen molar-refractivity contribution in [3.05, 3.63) is 24.3 Å². The van der Waals surface area contributed by atoms with Gasteiger partial charge in [0.25, 0.3) is 0 Å². The molecule has 0 bridgehead atoms. The van der Waals surface area contributed by atoms with Gasteiger partial charge < -0.3 is 10.6 Å². The van der Waals surface area contributed by atoms with E-state index in [1.807, 2.05) is 16.9 Å². The van der Waals surface area contributed by atoms with Crippen LogP contribution < -0.4 is 10.6 Å².